The van der Waals surface area contributed by atoms with E-state index >= 15 is 0 Å². The third-order valence-corrected chi connectivity index (χ3v) is 4.74. The first-order chi connectivity index (χ1) is 7.40. The second kappa shape index (κ2) is 2.91. The smallest absolute Gasteiger partial charge is 0.0105 e. The molecule has 0 radical (unpaired) electrons. The Kier molecular flexibility index (Phi) is 1.89. The number of rotatable bonds is 2. The lowest BCUT2D eigenvalue weighted by atomic mass is 9.97. The van der Waals surface area contributed by atoms with Gasteiger partial charge in [-0.05, 0) is 46.6 Å². The van der Waals surface area contributed by atoms with Crippen molar-refractivity contribution in [3.8, 4) is 0 Å². The maximum Gasteiger partial charge on any atom is -0.0105 e. The molecule has 0 heterocycles. The first-order valence-electron chi connectivity index (χ1n) is 6.50. The molecule has 2 fully saturated rings. The third-order valence-electron chi connectivity index (χ3n) is 4.74. The summed E-state index contributed by atoms with van der Waals surface area (Å²) in [7, 11) is 0. The molecule has 0 N–H and O–H groups in total. The van der Waals surface area contributed by atoms with Gasteiger partial charge in [-0.15, -0.1) is 0 Å². The van der Waals surface area contributed by atoms with Crippen molar-refractivity contribution < 1.29 is 0 Å². The highest BCUT2D eigenvalue weighted by atomic mass is 14.5. The van der Waals surface area contributed by atoms with Crippen LogP contribution in [0.2, 0.25) is 0 Å². The largest absolute Gasteiger partial charge is 0.0617 e. The first kappa shape index (κ1) is 10.4. The Morgan fingerprint density at radius 2 is 1.25 bits per heavy atom. The minimum absolute atomic E-state index is 0.553. The highest BCUT2D eigenvalue weighted by Gasteiger charge is 2.48. The molecule has 2 atom stereocenters. The summed E-state index contributed by atoms with van der Waals surface area (Å²) in [5.41, 5.74) is 4.26. The van der Waals surface area contributed by atoms with Crippen LogP contribution in [-0.2, 0) is 0 Å². The van der Waals surface area contributed by atoms with Gasteiger partial charge in [-0.25, -0.2) is 0 Å². The fraction of sp³-hybridized carbons (Fsp3) is 0.625. The molecular weight excluding hydrogens is 192 g/mol. The lowest BCUT2D eigenvalue weighted by Crippen LogP contribution is -1.93. The highest BCUT2D eigenvalue weighted by molar-refractivity contribution is 5.37. The molecule has 0 spiro atoms. The molecule has 86 valence electrons. The van der Waals surface area contributed by atoms with Gasteiger partial charge in [-0.1, -0.05) is 52.0 Å². The number of benzene rings is 1. The average molecular weight is 214 g/mol. The molecule has 16 heavy (non-hydrogen) atoms. The van der Waals surface area contributed by atoms with Gasteiger partial charge in [0, 0.05) is 0 Å². The molecule has 2 unspecified atom stereocenters. The molecule has 0 amide bonds. The zero-order valence-electron chi connectivity index (χ0n) is 10.9. The maximum atomic E-state index is 2.47. The van der Waals surface area contributed by atoms with Crippen LogP contribution < -0.4 is 0 Å². The van der Waals surface area contributed by atoms with Crippen LogP contribution >= 0.6 is 0 Å². The molecule has 0 aliphatic heterocycles. The van der Waals surface area contributed by atoms with Gasteiger partial charge < -0.3 is 0 Å². The molecule has 2 aliphatic rings. The van der Waals surface area contributed by atoms with Crippen LogP contribution in [0.3, 0.4) is 0 Å². The van der Waals surface area contributed by atoms with Crippen molar-refractivity contribution >= 4 is 0 Å². The molecule has 1 aromatic carbocycles. The summed E-state index contributed by atoms with van der Waals surface area (Å²) in [4.78, 5) is 0. The molecule has 2 aliphatic carbocycles. The summed E-state index contributed by atoms with van der Waals surface area (Å²) < 4.78 is 0. The van der Waals surface area contributed by atoms with Crippen molar-refractivity contribution in [2.75, 3.05) is 0 Å². The summed E-state index contributed by atoms with van der Waals surface area (Å²) in [6.45, 7) is 9.52. The van der Waals surface area contributed by atoms with E-state index in [0.29, 0.717) is 10.8 Å². The molecule has 0 saturated heterocycles. The van der Waals surface area contributed by atoms with Crippen LogP contribution in [0, 0.1) is 10.8 Å². The Balaban J connectivity index is 1.85. The standard InChI is InChI=1S/C16H22/c1-15(2)9-13(15)11-6-5-7-12(8-11)14-10-16(14,3)4/h5-8,13-14H,9-10H2,1-4H3. The zero-order valence-corrected chi connectivity index (χ0v) is 10.9. The van der Waals surface area contributed by atoms with Crippen LogP contribution in [0.4, 0.5) is 0 Å². The van der Waals surface area contributed by atoms with Gasteiger partial charge in [0.2, 0.25) is 0 Å². The Morgan fingerprint density at radius 1 is 0.875 bits per heavy atom. The quantitative estimate of drug-likeness (QED) is 0.668. The van der Waals surface area contributed by atoms with Crippen LogP contribution in [0.25, 0.3) is 0 Å². The van der Waals surface area contributed by atoms with E-state index in [1.807, 2.05) is 0 Å². The maximum absolute atomic E-state index is 2.47. The molecule has 1 aromatic rings. The van der Waals surface area contributed by atoms with Crippen LogP contribution in [-0.4, -0.2) is 0 Å². The van der Waals surface area contributed by atoms with Crippen LogP contribution in [0.1, 0.15) is 63.5 Å². The molecule has 0 heteroatoms. The van der Waals surface area contributed by atoms with Crippen molar-refractivity contribution in [1.29, 1.82) is 0 Å². The summed E-state index contributed by atoms with van der Waals surface area (Å²) in [5.74, 6) is 1.63. The van der Waals surface area contributed by atoms with Gasteiger partial charge in [-0.2, -0.15) is 0 Å². The van der Waals surface area contributed by atoms with Gasteiger partial charge in [0.05, 0.1) is 0 Å². The van der Waals surface area contributed by atoms with Crippen molar-refractivity contribution in [1.82, 2.24) is 0 Å². The van der Waals surface area contributed by atoms with E-state index < -0.39 is 0 Å². The number of hydrogen-bond acceptors (Lipinski definition) is 0. The second-order valence-electron chi connectivity index (χ2n) is 7.16. The second-order valence-corrected chi connectivity index (χ2v) is 7.16. The van der Waals surface area contributed by atoms with Crippen molar-refractivity contribution in [2.24, 2.45) is 10.8 Å². The fourth-order valence-electron chi connectivity index (χ4n) is 3.06. The van der Waals surface area contributed by atoms with Crippen molar-refractivity contribution in [2.45, 2.75) is 52.4 Å². The summed E-state index contributed by atoms with van der Waals surface area (Å²) in [5, 5.41) is 0. The van der Waals surface area contributed by atoms with Gasteiger partial charge >= 0.3 is 0 Å². The van der Waals surface area contributed by atoms with E-state index in [1.54, 1.807) is 11.1 Å². The van der Waals surface area contributed by atoms with E-state index in [9.17, 15) is 0 Å². The van der Waals surface area contributed by atoms with E-state index in [4.69, 9.17) is 0 Å². The van der Waals surface area contributed by atoms with Gasteiger partial charge in [0.15, 0.2) is 0 Å². The normalized spacial score (nSPS) is 33.5. The minimum Gasteiger partial charge on any atom is -0.0617 e. The van der Waals surface area contributed by atoms with E-state index in [-0.39, 0.29) is 0 Å². The van der Waals surface area contributed by atoms with Crippen molar-refractivity contribution in [3.63, 3.8) is 0 Å². The summed E-state index contributed by atoms with van der Waals surface area (Å²) >= 11 is 0. The topological polar surface area (TPSA) is 0 Å². The van der Waals surface area contributed by atoms with Crippen LogP contribution in [0.15, 0.2) is 24.3 Å². The third kappa shape index (κ3) is 1.59. The van der Waals surface area contributed by atoms with E-state index in [2.05, 4.69) is 52.0 Å². The zero-order chi connectivity index (χ0) is 11.6. The first-order valence-corrected chi connectivity index (χ1v) is 6.50. The predicted molar refractivity (Wildman–Crippen MR) is 68.7 cm³/mol. The average Bonchev–Trinajstić information content (AvgIpc) is 3.03. The van der Waals surface area contributed by atoms with E-state index in [0.717, 1.165) is 11.8 Å². The predicted octanol–water partition coefficient (Wildman–Crippen LogP) is 4.71. The van der Waals surface area contributed by atoms with Gasteiger partial charge in [-0.3, -0.25) is 0 Å². The molecule has 3 rings (SSSR count). The Morgan fingerprint density at radius 3 is 1.56 bits per heavy atom. The van der Waals surface area contributed by atoms with E-state index in [1.165, 1.54) is 12.8 Å². The number of hydrogen-bond donors (Lipinski definition) is 0. The summed E-state index contributed by atoms with van der Waals surface area (Å²) in [6, 6.07) is 9.36. The van der Waals surface area contributed by atoms with Gasteiger partial charge in [0.1, 0.15) is 0 Å². The SMILES string of the molecule is CC1(C)CC1c1cccc(C2CC2(C)C)c1. The Hall–Kier alpha value is -0.780. The fourth-order valence-corrected chi connectivity index (χ4v) is 3.06. The molecule has 0 bridgehead atoms. The monoisotopic (exact) mass is 214 g/mol. The molecule has 0 aromatic heterocycles. The Bertz CT molecular complexity index is 388. The Labute approximate surface area is 99.1 Å². The summed E-state index contributed by atoms with van der Waals surface area (Å²) in [6.07, 6.45) is 2.73. The molecular formula is C16H22. The lowest BCUT2D eigenvalue weighted by molar-refractivity contribution is 0.616. The highest BCUT2D eigenvalue weighted by Crippen LogP contribution is 2.61. The molecule has 0 nitrogen and oxygen atoms in total. The minimum atomic E-state index is 0.553. The molecule has 2 saturated carbocycles. The van der Waals surface area contributed by atoms with Crippen LogP contribution in [0.5, 0.6) is 0 Å². The lowest BCUT2D eigenvalue weighted by Gasteiger charge is -2.08. The van der Waals surface area contributed by atoms with Gasteiger partial charge in [0.25, 0.3) is 0 Å². The van der Waals surface area contributed by atoms with Crippen molar-refractivity contribution in [3.05, 3.63) is 35.4 Å².